The van der Waals surface area contributed by atoms with Crippen LogP contribution in [-0.4, -0.2) is 24.2 Å². The van der Waals surface area contributed by atoms with Crippen molar-refractivity contribution in [3.63, 3.8) is 0 Å². The molecule has 2 aromatic rings. The number of ether oxygens (including phenoxy) is 1. The summed E-state index contributed by atoms with van der Waals surface area (Å²) in [4.78, 5) is 24.9. The molecule has 1 amide bonds. The Morgan fingerprint density at radius 3 is 2.73 bits per heavy atom. The smallest absolute Gasteiger partial charge is 0.340 e. The van der Waals surface area contributed by atoms with Gasteiger partial charge in [0.05, 0.1) is 33.8 Å². The Hall–Kier alpha value is -2.40. The Balaban J connectivity index is 2.00. The average Bonchev–Trinajstić information content (AvgIpc) is 2.62. The number of rotatable bonds is 6. The highest BCUT2D eigenvalue weighted by molar-refractivity contribution is 7.99. The van der Waals surface area contributed by atoms with Gasteiger partial charge in [-0.1, -0.05) is 35.3 Å². The number of anilines is 2. The number of carbonyl (C=O) groups excluding carboxylic acids is 2. The Kier molecular flexibility index (Phi) is 7.16. The maximum atomic E-state index is 12.1. The predicted molar refractivity (Wildman–Crippen MR) is 103 cm³/mol. The van der Waals surface area contributed by atoms with Crippen LogP contribution in [0, 0.1) is 11.3 Å². The van der Waals surface area contributed by atoms with Crippen molar-refractivity contribution in [1.82, 2.24) is 0 Å². The highest BCUT2D eigenvalue weighted by Crippen LogP contribution is 2.28. The number of nitrogen functional groups attached to an aromatic ring is 1. The van der Waals surface area contributed by atoms with Crippen molar-refractivity contribution < 1.29 is 14.3 Å². The number of halogens is 2. The van der Waals surface area contributed by atoms with Gasteiger partial charge in [0.1, 0.15) is 0 Å². The fourth-order valence-corrected chi connectivity index (χ4v) is 3.12. The van der Waals surface area contributed by atoms with Crippen LogP contribution in [0.4, 0.5) is 11.4 Å². The molecule has 0 aromatic heterocycles. The van der Waals surface area contributed by atoms with Crippen LogP contribution in [0.2, 0.25) is 10.0 Å². The molecule has 0 aliphatic heterocycles. The van der Waals surface area contributed by atoms with Crippen molar-refractivity contribution in [2.24, 2.45) is 0 Å². The molecule has 134 valence electrons. The summed E-state index contributed by atoms with van der Waals surface area (Å²) in [5.74, 6) is -1.10. The lowest BCUT2D eigenvalue weighted by molar-refractivity contribution is -0.119. The minimum atomic E-state index is -0.811. The van der Waals surface area contributed by atoms with Gasteiger partial charge in [-0.05, 0) is 24.3 Å². The Morgan fingerprint density at radius 1 is 1.27 bits per heavy atom. The first-order chi connectivity index (χ1) is 12.4. The summed E-state index contributed by atoms with van der Waals surface area (Å²) < 4.78 is 4.97. The maximum absolute atomic E-state index is 12.1. The van der Waals surface area contributed by atoms with E-state index < -0.39 is 18.5 Å². The van der Waals surface area contributed by atoms with Crippen LogP contribution in [0.25, 0.3) is 0 Å². The van der Waals surface area contributed by atoms with Gasteiger partial charge in [-0.3, -0.25) is 4.79 Å². The van der Waals surface area contributed by atoms with E-state index in [2.05, 4.69) is 5.32 Å². The predicted octanol–water partition coefficient (Wildman–Crippen LogP) is 3.99. The zero-order valence-electron chi connectivity index (χ0n) is 13.3. The van der Waals surface area contributed by atoms with Crippen molar-refractivity contribution in [2.75, 3.05) is 23.4 Å². The summed E-state index contributed by atoms with van der Waals surface area (Å²) in [6.45, 7) is -0.514. The van der Waals surface area contributed by atoms with Gasteiger partial charge in [0.15, 0.2) is 6.61 Å². The minimum absolute atomic E-state index is 0.0136. The van der Waals surface area contributed by atoms with E-state index in [9.17, 15) is 9.59 Å². The molecule has 0 heterocycles. The quantitative estimate of drug-likeness (QED) is 0.424. The molecule has 0 radical (unpaired) electrons. The third kappa shape index (κ3) is 5.30. The van der Waals surface area contributed by atoms with Gasteiger partial charge in [-0.15, -0.1) is 11.8 Å². The second-order valence-electron chi connectivity index (χ2n) is 4.92. The number of nitrogens with zero attached hydrogens (tertiary/aromatic N) is 1. The molecule has 6 nitrogen and oxygen atoms in total. The van der Waals surface area contributed by atoms with Crippen molar-refractivity contribution >= 4 is 58.2 Å². The first-order valence-corrected chi connectivity index (χ1v) is 8.96. The molecule has 0 saturated carbocycles. The van der Waals surface area contributed by atoms with Crippen molar-refractivity contribution in [3.8, 4) is 6.07 Å². The molecular weight excluding hydrogens is 397 g/mol. The molecule has 3 N–H and O–H groups in total. The molecule has 26 heavy (non-hydrogen) atoms. The van der Waals surface area contributed by atoms with Gasteiger partial charge in [-0.25, -0.2) is 4.79 Å². The zero-order chi connectivity index (χ0) is 19.1. The normalized spacial score (nSPS) is 10.0. The van der Waals surface area contributed by atoms with Gasteiger partial charge in [-0.2, -0.15) is 5.26 Å². The fraction of sp³-hybridized carbons (Fsp3) is 0.118. The van der Waals surface area contributed by atoms with Crippen molar-refractivity contribution in [2.45, 2.75) is 4.90 Å². The molecule has 2 aromatic carbocycles. The number of nitrogens with one attached hydrogen (secondary N) is 1. The number of nitriles is 1. The highest BCUT2D eigenvalue weighted by Gasteiger charge is 2.17. The number of carbonyl (C=O) groups is 2. The van der Waals surface area contributed by atoms with Gasteiger partial charge < -0.3 is 15.8 Å². The number of benzene rings is 2. The van der Waals surface area contributed by atoms with E-state index in [0.717, 1.165) is 4.90 Å². The molecule has 0 atom stereocenters. The van der Waals surface area contributed by atoms with Crippen LogP contribution in [-0.2, 0) is 9.53 Å². The summed E-state index contributed by atoms with van der Waals surface area (Å²) in [7, 11) is 0. The maximum Gasteiger partial charge on any atom is 0.340 e. The highest BCUT2D eigenvalue weighted by atomic mass is 35.5. The molecule has 0 saturated heterocycles. The van der Waals surface area contributed by atoms with Crippen LogP contribution >= 0.6 is 35.0 Å². The number of hydrogen-bond donors (Lipinski definition) is 2. The minimum Gasteiger partial charge on any atom is -0.452 e. The van der Waals surface area contributed by atoms with Gasteiger partial charge in [0.2, 0.25) is 0 Å². The lowest BCUT2D eigenvalue weighted by Crippen LogP contribution is -2.21. The van der Waals surface area contributed by atoms with E-state index in [0.29, 0.717) is 5.69 Å². The average molecular weight is 410 g/mol. The molecular formula is C17H13Cl2N3O3S. The number of hydrogen-bond acceptors (Lipinski definition) is 6. The number of amides is 1. The third-order valence-electron chi connectivity index (χ3n) is 3.10. The van der Waals surface area contributed by atoms with Crippen molar-refractivity contribution in [3.05, 3.63) is 52.0 Å². The number of nitrogens with two attached hydrogens (primary N) is 1. The summed E-state index contributed by atoms with van der Waals surface area (Å²) >= 11 is 13.0. The molecule has 0 bridgehead atoms. The first kappa shape index (κ1) is 19.9. The second-order valence-corrected chi connectivity index (χ2v) is 6.78. The molecule has 0 spiro atoms. The van der Waals surface area contributed by atoms with Crippen LogP contribution in [0.5, 0.6) is 0 Å². The zero-order valence-corrected chi connectivity index (χ0v) is 15.6. The molecule has 0 unspecified atom stereocenters. The summed E-state index contributed by atoms with van der Waals surface area (Å²) in [6, 6.07) is 11.7. The number of thioether (sulfide) groups is 1. The van der Waals surface area contributed by atoms with E-state index in [-0.39, 0.29) is 27.0 Å². The standard InChI is InChI=1S/C17H13Cl2N3O3S/c18-10-7-11(16(21)12(19)8-10)17(24)25-9-15(23)22-13-3-1-2-4-14(13)26-6-5-20/h1-4,7-8H,6,9,21H2,(H,22,23). The van der Waals surface area contributed by atoms with Crippen LogP contribution in [0.3, 0.4) is 0 Å². The van der Waals surface area contributed by atoms with Crippen LogP contribution in [0.15, 0.2) is 41.3 Å². The molecule has 9 heteroatoms. The van der Waals surface area contributed by atoms with E-state index >= 15 is 0 Å². The Labute approximate surface area is 164 Å². The molecule has 2 rings (SSSR count). The lowest BCUT2D eigenvalue weighted by Gasteiger charge is -2.11. The van der Waals surface area contributed by atoms with Crippen molar-refractivity contribution in [1.29, 1.82) is 5.26 Å². The van der Waals surface area contributed by atoms with Gasteiger partial charge >= 0.3 is 5.97 Å². The topological polar surface area (TPSA) is 105 Å². The number of esters is 1. The molecule has 0 fully saturated rings. The van der Waals surface area contributed by atoms with E-state index in [1.807, 2.05) is 6.07 Å². The summed E-state index contributed by atoms with van der Waals surface area (Å²) in [5, 5.41) is 11.7. The fourth-order valence-electron chi connectivity index (χ4n) is 1.95. The Morgan fingerprint density at radius 2 is 2.00 bits per heavy atom. The third-order valence-corrected chi connectivity index (χ3v) is 4.57. The largest absolute Gasteiger partial charge is 0.452 e. The van der Waals surface area contributed by atoms with Gasteiger partial charge in [0, 0.05) is 9.92 Å². The SMILES string of the molecule is N#CCSc1ccccc1NC(=O)COC(=O)c1cc(Cl)cc(Cl)c1N. The monoisotopic (exact) mass is 409 g/mol. The summed E-state index contributed by atoms with van der Waals surface area (Å²) in [5.41, 5.74) is 6.27. The second kappa shape index (κ2) is 9.34. The van der Waals surface area contributed by atoms with Crippen LogP contribution < -0.4 is 11.1 Å². The van der Waals surface area contributed by atoms with E-state index in [4.69, 9.17) is 38.9 Å². The van der Waals surface area contributed by atoms with Crippen LogP contribution in [0.1, 0.15) is 10.4 Å². The summed E-state index contributed by atoms with van der Waals surface area (Å²) in [6.07, 6.45) is 0. The Bertz CT molecular complexity index is 884. The molecule has 0 aliphatic carbocycles. The number of para-hydroxylation sites is 1. The van der Waals surface area contributed by atoms with E-state index in [1.54, 1.807) is 24.3 Å². The first-order valence-electron chi connectivity index (χ1n) is 7.22. The lowest BCUT2D eigenvalue weighted by atomic mass is 10.2. The van der Waals surface area contributed by atoms with E-state index in [1.165, 1.54) is 23.9 Å². The molecule has 0 aliphatic rings. The van der Waals surface area contributed by atoms with Gasteiger partial charge in [0.25, 0.3) is 5.91 Å².